The Morgan fingerprint density at radius 1 is 1.39 bits per heavy atom. The molecule has 0 atom stereocenters. The van der Waals surface area contributed by atoms with Crippen LogP contribution in [0, 0.1) is 18.8 Å². The standard InChI is InChI=1S/C14H14O3S/c1-10-12(6-3-4-9-18-11(2)15)7-5-8-13(10)14(16)17/h5,7-8H,4,9H2,1-2H3,(H,16,17). The molecular weight excluding hydrogens is 248 g/mol. The van der Waals surface area contributed by atoms with Crippen molar-refractivity contribution >= 4 is 22.8 Å². The maximum absolute atomic E-state index is 10.9. The van der Waals surface area contributed by atoms with E-state index in [4.69, 9.17) is 5.11 Å². The fourth-order valence-electron chi connectivity index (χ4n) is 1.41. The molecule has 1 N–H and O–H groups in total. The summed E-state index contributed by atoms with van der Waals surface area (Å²) < 4.78 is 0. The van der Waals surface area contributed by atoms with Crippen molar-refractivity contribution in [3.05, 3.63) is 34.9 Å². The van der Waals surface area contributed by atoms with E-state index in [9.17, 15) is 9.59 Å². The zero-order valence-corrected chi connectivity index (χ0v) is 11.1. The number of carboxylic acids is 1. The zero-order valence-electron chi connectivity index (χ0n) is 10.3. The van der Waals surface area contributed by atoms with Crippen molar-refractivity contribution in [1.82, 2.24) is 0 Å². The number of aromatic carboxylic acids is 1. The Morgan fingerprint density at radius 3 is 2.72 bits per heavy atom. The maximum atomic E-state index is 10.9. The molecule has 94 valence electrons. The van der Waals surface area contributed by atoms with Crippen molar-refractivity contribution in [3.63, 3.8) is 0 Å². The van der Waals surface area contributed by atoms with Crippen LogP contribution in [0.1, 0.15) is 34.8 Å². The van der Waals surface area contributed by atoms with Crippen LogP contribution in [0.3, 0.4) is 0 Å². The van der Waals surface area contributed by atoms with Gasteiger partial charge in [-0.3, -0.25) is 4.79 Å². The second-order valence-corrected chi connectivity index (χ2v) is 4.95. The number of thioether (sulfide) groups is 1. The number of rotatable bonds is 3. The van der Waals surface area contributed by atoms with Crippen LogP contribution in [0.2, 0.25) is 0 Å². The van der Waals surface area contributed by atoms with Crippen LogP contribution in [-0.2, 0) is 4.79 Å². The monoisotopic (exact) mass is 262 g/mol. The van der Waals surface area contributed by atoms with E-state index in [1.54, 1.807) is 25.1 Å². The highest BCUT2D eigenvalue weighted by molar-refractivity contribution is 8.13. The van der Waals surface area contributed by atoms with Crippen molar-refractivity contribution in [2.75, 3.05) is 5.75 Å². The summed E-state index contributed by atoms with van der Waals surface area (Å²) in [6.07, 6.45) is 0.612. The summed E-state index contributed by atoms with van der Waals surface area (Å²) in [7, 11) is 0. The van der Waals surface area contributed by atoms with Gasteiger partial charge < -0.3 is 5.11 Å². The van der Waals surface area contributed by atoms with Crippen LogP contribution >= 0.6 is 11.8 Å². The van der Waals surface area contributed by atoms with Gasteiger partial charge in [-0.05, 0) is 24.6 Å². The smallest absolute Gasteiger partial charge is 0.335 e. The van der Waals surface area contributed by atoms with E-state index in [-0.39, 0.29) is 10.7 Å². The first kappa shape index (κ1) is 14.3. The third kappa shape index (κ3) is 4.27. The SMILES string of the molecule is CC(=O)SCCC#Cc1cccc(C(=O)O)c1C. The lowest BCUT2D eigenvalue weighted by atomic mass is 10.0. The molecule has 0 aliphatic heterocycles. The first-order chi connectivity index (χ1) is 8.52. The van der Waals surface area contributed by atoms with Crippen molar-refractivity contribution in [1.29, 1.82) is 0 Å². The fraction of sp³-hybridized carbons (Fsp3) is 0.286. The molecule has 4 heteroatoms. The molecule has 3 nitrogen and oxygen atoms in total. The molecule has 0 amide bonds. The van der Waals surface area contributed by atoms with E-state index >= 15 is 0 Å². The van der Waals surface area contributed by atoms with Crippen molar-refractivity contribution in [2.24, 2.45) is 0 Å². The third-order valence-corrected chi connectivity index (χ3v) is 3.13. The minimum Gasteiger partial charge on any atom is -0.478 e. The Bertz CT molecular complexity index is 524. The highest BCUT2D eigenvalue weighted by Gasteiger charge is 2.08. The van der Waals surface area contributed by atoms with Gasteiger partial charge in [0, 0.05) is 24.7 Å². The van der Waals surface area contributed by atoms with Crippen LogP contribution in [-0.4, -0.2) is 21.9 Å². The van der Waals surface area contributed by atoms with Gasteiger partial charge in [-0.25, -0.2) is 4.79 Å². The average molecular weight is 262 g/mol. The van der Waals surface area contributed by atoms with E-state index < -0.39 is 5.97 Å². The Hall–Kier alpha value is -1.73. The van der Waals surface area contributed by atoms with Gasteiger partial charge in [-0.1, -0.05) is 29.7 Å². The molecule has 0 heterocycles. The molecule has 0 aliphatic rings. The van der Waals surface area contributed by atoms with Crippen LogP contribution < -0.4 is 0 Å². The Balaban J connectivity index is 2.74. The van der Waals surface area contributed by atoms with Gasteiger partial charge in [0.15, 0.2) is 5.12 Å². The summed E-state index contributed by atoms with van der Waals surface area (Å²) in [5, 5.41) is 9.06. The molecule has 0 unspecified atom stereocenters. The van der Waals surface area contributed by atoms with E-state index in [1.807, 2.05) is 0 Å². The maximum Gasteiger partial charge on any atom is 0.335 e. The highest BCUT2D eigenvalue weighted by Crippen LogP contribution is 2.12. The molecule has 0 saturated carbocycles. The van der Waals surface area contributed by atoms with Gasteiger partial charge in [0.1, 0.15) is 0 Å². The highest BCUT2D eigenvalue weighted by atomic mass is 32.2. The Kier molecular flexibility index (Phi) is 5.47. The lowest BCUT2D eigenvalue weighted by molar-refractivity contribution is -0.109. The van der Waals surface area contributed by atoms with E-state index in [0.29, 0.717) is 17.7 Å². The van der Waals surface area contributed by atoms with E-state index in [1.165, 1.54) is 18.7 Å². The quantitative estimate of drug-likeness (QED) is 0.672. The van der Waals surface area contributed by atoms with Crippen molar-refractivity contribution < 1.29 is 14.7 Å². The molecule has 1 aromatic rings. The minimum atomic E-state index is -0.941. The summed E-state index contributed by atoms with van der Waals surface area (Å²) in [6.45, 7) is 3.27. The summed E-state index contributed by atoms with van der Waals surface area (Å²) in [5.41, 5.74) is 1.68. The topological polar surface area (TPSA) is 54.4 Å². The van der Waals surface area contributed by atoms with Crippen molar-refractivity contribution in [2.45, 2.75) is 20.3 Å². The molecule has 0 bridgehead atoms. The number of carbonyl (C=O) groups excluding carboxylic acids is 1. The summed E-state index contributed by atoms with van der Waals surface area (Å²) in [6, 6.07) is 5.05. The van der Waals surface area contributed by atoms with E-state index in [0.717, 1.165) is 5.56 Å². The largest absolute Gasteiger partial charge is 0.478 e. The summed E-state index contributed by atoms with van der Waals surface area (Å²) in [4.78, 5) is 21.6. The number of carboxylic acid groups (broad SMARTS) is 1. The molecule has 0 spiro atoms. The number of hydrogen-bond donors (Lipinski definition) is 1. The van der Waals surface area contributed by atoms with Gasteiger partial charge >= 0.3 is 5.97 Å². The van der Waals surface area contributed by atoms with Crippen LogP contribution in [0.5, 0.6) is 0 Å². The first-order valence-electron chi connectivity index (χ1n) is 5.47. The average Bonchev–Trinajstić information content (AvgIpc) is 2.30. The number of hydrogen-bond acceptors (Lipinski definition) is 3. The fourth-order valence-corrected chi connectivity index (χ4v) is 1.90. The minimum absolute atomic E-state index is 0.0841. The van der Waals surface area contributed by atoms with E-state index in [2.05, 4.69) is 11.8 Å². The Morgan fingerprint density at radius 2 is 2.11 bits per heavy atom. The summed E-state index contributed by atoms with van der Waals surface area (Å²) >= 11 is 1.24. The molecule has 0 radical (unpaired) electrons. The lowest BCUT2D eigenvalue weighted by Crippen LogP contribution is -2.00. The van der Waals surface area contributed by atoms with Gasteiger partial charge in [0.25, 0.3) is 0 Å². The molecule has 1 rings (SSSR count). The van der Waals surface area contributed by atoms with Crippen molar-refractivity contribution in [3.8, 4) is 11.8 Å². The van der Waals surface area contributed by atoms with Gasteiger partial charge in [0.05, 0.1) is 5.56 Å². The molecule has 0 aromatic heterocycles. The van der Waals surface area contributed by atoms with Gasteiger partial charge in [0.2, 0.25) is 0 Å². The van der Waals surface area contributed by atoms with Crippen LogP contribution in [0.15, 0.2) is 18.2 Å². The van der Waals surface area contributed by atoms with Gasteiger partial charge in [-0.2, -0.15) is 0 Å². The van der Waals surface area contributed by atoms with Gasteiger partial charge in [-0.15, -0.1) is 0 Å². The Labute approximate surface area is 111 Å². The second kappa shape index (κ2) is 6.87. The molecule has 0 saturated heterocycles. The predicted molar refractivity (Wildman–Crippen MR) is 72.8 cm³/mol. The predicted octanol–water partition coefficient (Wildman–Crippen LogP) is 2.71. The lowest BCUT2D eigenvalue weighted by Gasteiger charge is -2.02. The molecular formula is C14H14O3S. The van der Waals surface area contributed by atoms with Crippen LogP contribution in [0.25, 0.3) is 0 Å². The number of carbonyl (C=O) groups is 2. The third-order valence-electron chi connectivity index (χ3n) is 2.32. The molecule has 18 heavy (non-hydrogen) atoms. The zero-order chi connectivity index (χ0) is 13.5. The first-order valence-corrected chi connectivity index (χ1v) is 6.46. The number of benzene rings is 1. The molecule has 0 fully saturated rings. The molecule has 1 aromatic carbocycles. The normalized spacial score (nSPS) is 9.44. The molecule has 0 aliphatic carbocycles. The second-order valence-electron chi connectivity index (χ2n) is 3.68. The van der Waals surface area contributed by atoms with Crippen LogP contribution in [0.4, 0.5) is 0 Å². The summed E-state index contributed by atoms with van der Waals surface area (Å²) in [5.74, 6) is 5.62.